The molecule has 32 heavy (non-hydrogen) atoms. The standard InChI is InChI=1S/C25H36FN3O3/c1-17(2)16-32-25(31)29-22-8-9-23(29)15-24(14-22)27-12-10-21(11-13-27)28(18(3)30)20-6-4-19(26)5-7-20/h4-7,17,21-24H,8-16H2,1-3H3. The van der Waals surface area contributed by atoms with Crippen molar-refractivity contribution in [2.45, 2.75) is 83.5 Å². The molecule has 0 aromatic heterocycles. The van der Waals surface area contributed by atoms with Gasteiger partial charge in [-0.2, -0.15) is 0 Å². The molecule has 6 nitrogen and oxygen atoms in total. The van der Waals surface area contributed by atoms with E-state index in [2.05, 4.69) is 18.7 Å². The number of piperidine rings is 2. The van der Waals surface area contributed by atoms with E-state index in [0.717, 1.165) is 57.3 Å². The van der Waals surface area contributed by atoms with Gasteiger partial charge in [-0.1, -0.05) is 13.8 Å². The molecular formula is C25H36FN3O3. The molecule has 2 unspecified atom stereocenters. The maximum Gasteiger partial charge on any atom is 0.410 e. The van der Waals surface area contributed by atoms with E-state index >= 15 is 0 Å². The molecule has 0 spiro atoms. The number of likely N-dealkylation sites (tertiary alicyclic amines) is 1. The Morgan fingerprint density at radius 1 is 1.03 bits per heavy atom. The van der Waals surface area contributed by atoms with Gasteiger partial charge < -0.3 is 19.4 Å². The van der Waals surface area contributed by atoms with Crippen LogP contribution in [0.4, 0.5) is 14.9 Å². The SMILES string of the molecule is CC(=O)N(c1ccc(F)cc1)C1CCN(C2CC3CCC(C2)N3C(=O)OCC(C)C)CC1. The number of carbonyl (C=O) groups excluding carboxylic acids is 2. The van der Waals surface area contributed by atoms with Crippen molar-refractivity contribution < 1.29 is 18.7 Å². The summed E-state index contributed by atoms with van der Waals surface area (Å²) in [5.74, 6) is 0.0577. The van der Waals surface area contributed by atoms with Crippen LogP contribution >= 0.6 is 0 Å². The molecular weight excluding hydrogens is 409 g/mol. The Kier molecular flexibility index (Phi) is 7.03. The first-order valence-corrected chi connectivity index (χ1v) is 12.1. The fraction of sp³-hybridized carbons (Fsp3) is 0.680. The van der Waals surface area contributed by atoms with E-state index in [1.165, 1.54) is 12.1 Å². The van der Waals surface area contributed by atoms with Gasteiger partial charge in [0, 0.05) is 49.9 Å². The minimum atomic E-state index is -0.291. The van der Waals surface area contributed by atoms with Crippen LogP contribution in [0.15, 0.2) is 24.3 Å². The molecule has 3 aliphatic heterocycles. The average Bonchev–Trinajstić information content (AvgIpc) is 3.03. The predicted molar refractivity (Wildman–Crippen MR) is 122 cm³/mol. The molecule has 7 heteroatoms. The first kappa shape index (κ1) is 23.0. The van der Waals surface area contributed by atoms with Crippen molar-refractivity contribution in [3.63, 3.8) is 0 Å². The quantitative estimate of drug-likeness (QED) is 0.673. The molecule has 0 radical (unpaired) electrons. The third-order valence-electron chi connectivity index (χ3n) is 7.28. The van der Waals surface area contributed by atoms with Crippen molar-refractivity contribution in [2.75, 3.05) is 24.6 Å². The average molecular weight is 446 g/mol. The zero-order valence-electron chi connectivity index (χ0n) is 19.5. The van der Waals surface area contributed by atoms with Crippen LogP contribution in [0.25, 0.3) is 0 Å². The number of anilines is 1. The van der Waals surface area contributed by atoms with E-state index in [9.17, 15) is 14.0 Å². The second-order valence-electron chi connectivity index (χ2n) is 10.0. The van der Waals surface area contributed by atoms with Gasteiger partial charge in [-0.3, -0.25) is 4.79 Å². The van der Waals surface area contributed by atoms with E-state index in [0.29, 0.717) is 18.6 Å². The van der Waals surface area contributed by atoms with Crippen molar-refractivity contribution in [3.8, 4) is 0 Å². The highest BCUT2D eigenvalue weighted by atomic mass is 19.1. The van der Waals surface area contributed by atoms with Gasteiger partial charge in [0.25, 0.3) is 0 Å². The van der Waals surface area contributed by atoms with Crippen LogP contribution in [0.3, 0.4) is 0 Å². The zero-order valence-corrected chi connectivity index (χ0v) is 19.5. The van der Waals surface area contributed by atoms with Crippen molar-refractivity contribution in [2.24, 2.45) is 5.92 Å². The Labute approximate surface area is 190 Å². The minimum absolute atomic E-state index is 0.00122. The fourth-order valence-electron chi connectivity index (χ4n) is 5.82. The first-order valence-electron chi connectivity index (χ1n) is 12.1. The molecule has 176 valence electrons. The first-order chi connectivity index (χ1) is 15.3. The van der Waals surface area contributed by atoms with Crippen LogP contribution < -0.4 is 4.90 Å². The van der Waals surface area contributed by atoms with Gasteiger partial charge >= 0.3 is 6.09 Å². The fourth-order valence-corrected chi connectivity index (χ4v) is 5.82. The lowest BCUT2D eigenvalue weighted by atomic mass is 9.93. The highest BCUT2D eigenvalue weighted by Crippen LogP contribution is 2.39. The van der Waals surface area contributed by atoms with Crippen LogP contribution in [0.2, 0.25) is 0 Å². The summed E-state index contributed by atoms with van der Waals surface area (Å²) in [7, 11) is 0. The molecule has 3 saturated heterocycles. The monoisotopic (exact) mass is 445 g/mol. The van der Waals surface area contributed by atoms with Crippen molar-refractivity contribution in [1.29, 1.82) is 0 Å². The number of halogens is 1. The summed E-state index contributed by atoms with van der Waals surface area (Å²) < 4.78 is 18.9. The molecule has 1 aromatic rings. The number of carbonyl (C=O) groups is 2. The molecule has 0 aliphatic carbocycles. The Bertz CT molecular complexity index is 793. The lowest BCUT2D eigenvalue weighted by molar-refractivity contribution is -0.117. The Balaban J connectivity index is 1.33. The van der Waals surface area contributed by atoms with E-state index in [1.54, 1.807) is 19.1 Å². The number of hydrogen-bond acceptors (Lipinski definition) is 4. The largest absolute Gasteiger partial charge is 0.449 e. The number of rotatable bonds is 5. The third-order valence-corrected chi connectivity index (χ3v) is 7.28. The maximum absolute atomic E-state index is 13.3. The summed E-state index contributed by atoms with van der Waals surface area (Å²) in [5.41, 5.74) is 0.767. The van der Waals surface area contributed by atoms with Gasteiger partial charge in [-0.15, -0.1) is 0 Å². The highest BCUT2D eigenvalue weighted by Gasteiger charge is 2.46. The number of ether oxygens (including phenoxy) is 1. The molecule has 2 amide bonds. The highest BCUT2D eigenvalue weighted by molar-refractivity contribution is 5.92. The van der Waals surface area contributed by atoms with Gasteiger partial charge in [0.05, 0.1) is 6.61 Å². The number of hydrogen-bond donors (Lipinski definition) is 0. The summed E-state index contributed by atoms with van der Waals surface area (Å²) in [4.78, 5) is 31.4. The van der Waals surface area contributed by atoms with E-state index in [4.69, 9.17) is 4.74 Å². The van der Waals surface area contributed by atoms with E-state index < -0.39 is 0 Å². The van der Waals surface area contributed by atoms with E-state index in [1.807, 2.05) is 9.80 Å². The summed E-state index contributed by atoms with van der Waals surface area (Å²) in [6.07, 6.45) is 5.82. The summed E-state index contributed by atoms with van der Waals surface area (Å²) >= 11 is 0. The molecule has 3 fully saturated rings. The normalized spacial score (nSPS) is 26.4. The van der Waals surface area contributed by atoms with Crippen molar-refractivity contribution >= 4 is 17.7 Å². The number of nitrogens with zero attached hydrogens (tertiary/aromatic N) is 3. The lowest BCUT2D eigenvalue weighted by Crippen LogP contribution is -2.55. The summed E-state index contributed by atoms with van der Waals surface area (Å²) in [6.45, 7) is 8.06. The Morgan fingerprint density at radius 3 is 2.16 bits per heavy atom. The zero-order chi connectivity index (χ0) is 22.8. The number of amides is 2. The number of benzene rings is 1. The molecule has 2 bridgehead atoms. The Morgan fingerprint density at radius 2 is 1.62 bits per heavy atom. The predicted octanol–water partition coefficient (Wildman–Crippen LogP) is 4.43. The summed E-state index contributed by atoms with van der Waals surface area (Å²) in [6, 6.07) is 7.39. The molecule has 3 heterocycles. The molecule has 2 atom stereocenters. The van der Waals surface area contributed by atoms with E-state index in [-0.39, 0.29) is 35.9 Å². The molecule has 0 N–H and O–H groups in total. The van der Waals surface area contributed by atoms with Gasteiger partial charge in [0.15, 0.2) is 0 Å². The van der Waals surface area contributed by atoms with Crippen LogP contribution in [-0.2, 0) is 9.53 Å². The number of fused-ring (bicyclic) bond motifs is 2. The molecule has 1 aromatic carbocycles. The Hall–Kier alpha value is -2.15. The smallest absolute Gasteiger partial charge is 0.410 e. The topological polar surface area (TPSA) is 53.1 Å². The lowest BCUT2D eigenvalue weighted by Gasteiger charge is -2.46. The van der Waals surface area contributed by atoms with Crippen molar-refractivity contribution in [3.05, 3.63) is 30.1 Å². The van der Waals surface area contributed by atoms with Gasteiger partial charge in [0.2, 0.25) is 5.91 Å². The van der Waals surface area contributed by atoms with Crippen LogP contribution in [0.1, 0.15) is 59.3 Å². The van der Waals surface area contributed by atoms with Crippen molar-refractivity contribution in [1.82, 2.24) is 9.80 Å². The molecule has 0 saturated carbocycles. The minimum Gasteiger partial charge on any atom is -0.449 e. The molecule has 4 rings (SSSR count). The summed E-state index contributed by atoms with van der Waals surface area (Å²) in [5, 5.41) is 0. The second kappa shape index (κ2) is 9.77. The van der Waals surface area contributed by atoms with Crippen LogP contribution in [0, 0.1) is 11.7 Å². The maximum atomic E-state index is 13.3. The molecule has 3 aliphatic rings. The van der Waals surface area contributed by atoms with Gasteiger partial charge in [0.1, 0.15) is 5.82 Å². The third kappa shape index (κ3) is 4.92. The van der Waals surface area contributed by atoms with Crippen LogP contribution in [0.5, 0.6) is 0 Å². The van der Waals surface area contributed by atoms with Gasteiger partial charge in [-0.25, -0.2) is 9.18 Å². The van der Waals surface area contributed by atoms with Gasteiger partial charge in [-0.05, 0) is 68.7 Å². The second-order valence-corrected chi connectivity index (χ2v) is 10.0. The van der Waals surface area contributed by atoms with Crippen LogP contribution in [-0.4, -0.2) is 65.7 Å².